The van der Waals surface area contributed by atoms with Crippen LogP contribution >= 0.6 is 0 Å². The van der Waals surface area contributed by atoms with Gasteiger partial charge in [-0.15, -0.1) is 5.10 Å². The first-order valence-electron chi connectivity index (χ1n) is 10.6. The Balaban J connectivity index is 1.43. The van der Waals surface area contributed by atoms with Crippen molar-refractivity contribution in [2.75, 3.05) is 33.7 Å². The van der Waals surface area contributed by atoms with Crippen LogP contribution in [0.3, 0.4) is 0 Å². The molecule has 1 N–H and O–H groups in total. The van der Waals surface area contributed by atoms with Crippen LogP contribution in [0, 0.1) is 0 Å². The van der Waals surface area contributed by atoms with Crippen LogP contribution in [0.1, 0.15) is 49.5 Å². The second kappa shape index (κ2) is 8.49. The zero-order valence-electron chi connectivity index (χ0n) is 17.4. The minimum absolute atomic E-state index is 0.00968. The number of carbonyl (C=O) groups excluding carboxylic acids is 1. The zero-order valence-corrected chi connectivity index (χ0v) is 17.4. The summed E-state index contributed by atoms with van der Waals surface area (Å²) in [7, 11) is 4.12. The van der Waals surface area contributed by atoms with Gasteiger partial charge in [-0.25, -0.2) is 9.48 Å². The number of nitrogens with one attached hydrogen (secondary N) is 1. The Labute approximate surface area is 172 Å². The average Bonchev–Trinajstić information content (AvgIpc) is 3.48. The van der Waals surface area contributed by atoms with E-state index in [4.69, 9.17) is 0 Å². The molecular formula is C21H31N7O. The number of benzene rings is 1. The van der Waals surface area contributed by atoms with E-state index in [0.29, 0.717) is 25.7 Å². The van der Waals surface area contributed by atoms with Crippen LogP contribution in [0.15, 0.2) is 30.3 Å². The number of rotatable bonds is 6. The Morgan fingerprint density at radius 1 is 1.24 bits per heavy atom. The van der Waals surface area contributed by atoms with Crippen molar-refractivity contribution in [2.24, 2.45) is 0 Å². The molecule has 156 valence electrons. The molecule has 1 aliphatic carbocycles. The number of likely N-dealkylation sites (N-methyl/N-ethyl adjacent to an activating group) is 1. The monoisotopic (exact) mass is 397 g/mol. The maximum absolute atomic E-state index is 12.8. The molecule has 1 saturated carbocycles. The Bertz CT molecular complexity index is 815. The van der Waals surface area contributed by atoms with Gasteiger partial charge in [0.1, 0.15) is 5.54 Å². The fourth-order valence-electron chi connectivity index (χ4n) is 4.68. The zero-order chi connectivity index (χ0) is 20.3. The number of hydrogen-bond donors (Lipinski definition) is 1. The number of aromatic nitrogens is 4. The maximum Gasteiger partial charge on any atom is 0.317 e. The van der Waals surface area contributed by atoms with Crippen LogP contribution in [0.4, 0.5) is 4.79 Å². The second-order valence-corrected chi connectivity index (χ2v) is 8.45. The maximum atomic E-state index is 12.8. The normalized spacial score (nSPS) is 22.5. The lowest BCUT2D eigenvalue weighted by atomic mass is 9.95. The van der Waals surface area contributed by atoms with Crippen molar-refractivity contribution in [3.8, 4) is 0 Å². The van der Waals surface area contributed by atoms with E-state index >= 15 is 0 Å². The molecule has 4 rings (SSSR count). The minimum Gasteiger partial charge on any atom is -0.338 e. The van der Waals surface area contributed by atoms with Gasteiger partial charge in [0.25, 0.3) is 0 Å². The highest BCUT2D eigenvalue weighted by molar-refractivity contribution is 5.74. The largest absolute Gasteiger partial charge is 0.338 e. The van der Waals surface area contributed by atoms with Gasteiger partial charge in [0.05, 0.1) is 6.04 Å². The van der Waals surface area contributed by atoms with Gasteiger partial charge in [0.15, 0.2) is 5.82 Å². The summed E-state index contributed by atoms with van der Waals surface area (Å²) in [5.74, 6) is 0.897. The Kier molecular flexibility index (Phi) is 5.80. The van der Waals surface area contributed by atoms with Crippen LogP contribution in [0.5, 0.6) is 0 Å². The van der Waals surface area contributed by atoms with Crippen molar-refractivity contribution >= 4 is 6.03 Å². The molecule has 1 saturated heterocycles. The quantitative estimate of drug-likeness (QED) is 0.808. The average molecular weight is 398 g/mol. The summed E-state index contributed by atoms with van der Waals surface area (Å²) in [6, 6.07) is 10.6. The summed E-state index contributed by atoms with van der Waals surface area (Å²) < 4.78 is 2.03. The highest BCUT2D eigenvalue weighted by Gasteiger charge is 2.48. The van der Waals surface area contributed by atoms with Gasteiger partial charge in [0.2, 0.25) is 0 Å². The predicted octanol–water partition coefficient (Wildman–Crippen LogP) is 2.20. The van der Waals surface area contributed by atoms with Crippen LogP contribution in [-0.2, 0) is 12.0 Å². The molecule has 1 atom stereocenters. The fraction of sp³-hybridized carbons (Fsp3) is 0.619. The molecule has 2 fully saturated rings. The van der Waals surface area contributed by atoms with Crippen molar-refractivity contribution in [3.63, 3.8) is 0 Å². The van der Waals surface area contributed by atoms with Gasteiger partial charge >= 0.3 is 6.03 Å². The Morgan fingerprint density at radius 3 is 2.72 bits per heavy atom. The van der Waals surface area contributed by atoms with E-state index in [0.717, 1.165) is 31.5 Å². The van der Waals surface area contributed by atoms with Crippen LogP contribution in [-0.4, -0.2) is 69.8 Å². The molecule has 1 aliphatic heterocycles. The van der Waals surface area contributed by atoms with Crippen molar-refractivity contribution in [1.82, 2.24) is 35.3 Å². The van der Waals surface area contributed by atoms with Gasteiger partial charge in [-0.05, 0) is 55.8 Å². The van der Waals surface area contributed by atoms with Crippen LogP contribution in [0.2, 0.25) is 0 Å². The minimum atomic E-state index is -0.344. The highest BCUT2D eigenvalue weighted by atomic mass is 16.2. The van der Waals surface area contributed by atoms with Crippen molar-refractivity contribution in [3.05, 3.63) is 41.7 Å². The third-order valence-corrected chi connectivity index (χ3v) is 6.50. The molecule has 2 heterocycles. The number of carbonyl (C=O) groups is 1. The molecular weight excluding hydrogens is 366 g/mol. The molecule has 0 radical (unpaired) electrons. The summed E-state index contributed by atoms with van der Waals surface area (Å²) in [6.07, 6.45) is 6.39. The standard InChI is InChI=1S/C21H31N7O/c1-26(2)21(19-23-24-25-28(19)18-10-6-7-11-18)13-15-27(16-21)20(29)22-14-12-17-8-4-3-5-9-17/h3-5,8-9,18H,6-7,10-16H2,1-2H3,(H,22,29). The van der Waals surface area contributed by atoms with E-state index in [1.807, 2.05) is 27.8 Å². The topological polar surface area (TPSA) is 79.2 Å². The van der Waals surface area contributed by atoms with E-state index in [1.54, 1.807) is 0 Å². The molecule has 2 aromatic rings. The second-order valence-electron chi connectivity index (χ2n) is 8.45. The summed E-state index contributed by atoms with van der Waals surface area (Å²) in [6.45, 7) is 1.94. The molecule has 0 bridgehead atoms. The van der Waals surface area contributed by atoms with Crippen molar-refractivity contribution in [2.45, 2.75) is 50.1 Å². The Morgan fingerprint density at radius 2 is 2.00 bits per heavy atom. The predicted molar refractivity (Wildman–Crippen MR) is 110 cm³/mol. The third kappa shape index (κ3) is 3.99. The number of amides is 2. The van der Waals surface area contributed by atoms with E-state index in [2.05, 4.69) is 52.0 Å². The van der Waals surface area contributed by atoms with Gasteiger partial charge in [-0.1, -0.05) is 43.2 Å². The molecule has 29 heavy (non-hydrogen) atoms. The number of nitrogens with zero attached hydrogens (tertiary/aromatic N) is 6. The lowest BCUT2D eigenvalue weighted by Crippen LogP contribution is -2.48. The van der Waals surface area contributed by atoms with Gasteiger partial charge in [-0.3, -0.25) is 4.90 Å². The van der Waals surface area contributed by atoms with Gasteiger partial charge in [-0.2, -0.15) is 0 Å². The fourth-order valence-corrected chi connectivity index (χ4v) is 4.68. The molecule has 2 aliphatic rings. The lowest BCUT2D eigenvalue weighted by molar-refractivity contribution is 0.135. The number of tetrazole rings is 1. The summed E-state index contributed by atoms with van der Waals surface area (Å²) in [5.41, 5.74) is 0.885. The molecule has 2 amide bonds. The van der Waals surface area contributed by atoms with E-state index < -0.39 is 0 Å². The SMILES string of the molecule is CN(C)C1(c2nnnn2C2CCCC2)CCN(C(=O)NCCc2ccccc2)C1. The highest BCUT2D eigenvalue weighted by Crippen LogP contribution is 2.38. The van der Waals surface area contributed by atoms with Crippen LogP contribution < -0.4 is 5.32 Å². The summed E-state index contributed by atoms with van der Waals surface area (Å²) in [4.78, 5) is 16.9. The molecule has 1 aromatic heterocycles. The first-order valence-corrected chi connectivity index (χ1v) is 10.6. The van der Waals surface area contributed by atoms with Crippen LogP contribution in [0.25, 0.3) is 0 Å². The van der Waals surface area contributed by atoms with E-state index in [1.165, 1.54) is 18.4 Å². The molecule has 0 spiro atoms. The first kappa shape index (κ1) is 19.8. The van der Waals surface area contributed by atoms with Gasteiger partial charge < -0.3 is 10.2 Å². The van der Waals surface area contributed by atoms with Crippen molar-refractivity contribution in [1.29, 1.82) is 0 Å². The molecule has 1 unspecified atom stereocenters. The first-order chi connectivity index (χ1) is 14.1. The summed E-state index contributed by atoms with van der Waals surface area (Å²) >= 11 is 0. The van der Waals surface area contributed by atoms with Crippen molar-refractivity contribution < 1.29 is 4.79 Å². The number of hydrogen-bond acceptors (Lipinski definition) is 5. The molecule has 8 heteroatoms. The molecule has 8 nitrogen and oxygen atoms in total. The number of likely N-dealkylation sites (tertiary alicyclic amines) is 1. The van der Waals surface area contributed by atoms with Gasteiger partial charge in [0, 0.05) is 19.6 Å². The van der Waals surface area contributed by atoms with E-state index in [9.17, 15) is 4.79 Å². The smallest absolute Gasteiger partial charge is 0.317 e. The Hall–Kier alpha value is -2.48. The van der Waals surface area contributed by atoms with E-state index in [-0.39, 0.29) is 11.6 Å². The summed E-state index contributed by atoms with van der Waals surface area (Å²) in [5, 5.41) is 15.9. The third-order valence-electron chi connectivity index (χ3n) is 6.50. The lowest BCUT2D eigenvalue weighted by Gasteiger charge is -2.35. The number of urea groups is 1. The molecule has 1 aromatic carbocycles.